The third-order valence-electron chi connectivity index (χ3n) is 4.89. The molecule has 4 rings (SSSR count). The molecule has 0 aliphatic carbocycles. The van der Waals surface area contributed by atoms with Crippen LogP contribution in [-0.4, -0.2) is 38.7 Å². The van der Waals surface area contributed by atoms with Gasteiger partial charge in [0.1, 0.15) is 0 Å². The highest BCUT2D eigenvalue weighted by Gasteiger charge is 2.25. The number of pyridine rings is 1. The molecule has 3 aromatic rings. The van der Waals surface area contributed by atoms with E-state index in [4.69, 9.17) is 0 Å². The predicted octanol–water partition coefficient (Wildman–Crippen LogP) is 2.66. The molecule has 1 N–H and O–H groups in total. The van der Waals surface area contributed by atoms with E-state index < -0.39 is 0 Å². The van der Waals surface area contributed by atoms with Crippen LogP contribution in [0.1, 0.15) is 34.1 Å². The number of nitrogens with one attached hydrogen (secondary N) is 1. The number of rotatable bonds is 6. The normalized spacial score (nSPS) is 16.7. The molecule has 6 nitrogen and oxygen atoms in total. The molecule has 27 heavy (non-hydrogen) atoms. The van der Waals surface area contributed by atoms with Crippen molar-refractivity contribution in [2.45, 2.75) is 25.6 Å². The summed E-state index contributed by atoms with van der Waals surface area (Å²) in [6.45, 7) is 3.35. The summed E-state index contributed by atoms with van der Waals surface area (Å²) in [6.07, 6.45) is 5.96. The number of carbonyl (C=O) groups excluding carboxylic acids is 1. The monoisotopic (exact) mass is 361 g/mol. The molecule has 0 bridgehead atoms. The molecule has 1 aromatic carbocycles. The molecule has 2 aromatic heterocycles. The van der Waals surface area contributed by atoms with Gasteiger partial charge in [0.05, 0.1) is 17.3 Å². The smallest absolute Gasteiger partial charge is 0.252 e. The zero-order valence-corrected chi connectivity index (χ0v) is 15.2. The van der Waals surface area contributed by atoms with Gasteiger partial charge in [0.25, 0.3) is 5.91 Å². The van der Waals surface area contributed by atoms with Crippen LogP contribution in [0, 0.1) is 0 Å². The van der Waals surface area contributed by atoms with Crippen molar-refractivity contribution >= 4 is 5.91 Å². The van der Waals surface area contributed by atoms with Crippen LogP contribution >= 0.6 is 0 Å². The Hall–Kier alpha value is -2.99. The Morgan fingerprint density at radius 2 is 2.00 bits per heavy atom. The lowest BCUT2D eigenvalue weighted by Gasteiger charge is -2.34. The van der Waals surface area contributed by atoms with E-state index in [1.807, 2.05) is 12.3 Å². The summed E-state index contributed by atoms with van der Waals surface area (Å²) in [7, 11) is 0. The Kier molecular flexibility index (Phi) is 5.25. The molecular weight excluding hydrogens is 338 g/mol. The van der Waals surface area contributed by atoms with Crippen LogP contribution in [0.15, 0.2) is 67.1 Å². The topological polar surface area (TPSA) is 63.1 Å². The van der Waals surface area contributed by atoms with Crippen LogP contribution in [0.25, 0.3) is 0 Å². The van der Waals surface area contributed by atoms with Gasteiger partial charge in [-0.05, 0) is 30.2 Å². The first-order chi connectivity index (χ1) is 13.3. The second kappa shape index (κ2) is 8.14. The fraction of sp³-hybridized carbons (Fsp3) is 0.286. The SMILES string of the molecule is O=C(NCC[C@H]1CN(Cc2ccccc2)Cc2ccnn21)c1cccnc1. The maximum absolute atomic E-state index is 12.2. The van der Waals surface area contributed by atoms with Gasteiger partial charge in [-0.25, -0.2) is 0 Å². The molecule has 1 aliphatic heterocycles. The Bertz CT molecular complexity index is 878. The fourth-order valence-electron chi connectivity index (χ4n) is 3.59. The quantitative estimate of drug-likeness (QED) is 0.733. The zero-order chi connectivity index (χ0) is 18.5. The Labute approximate surface area is 158 Å². The molecule has 6 heteroatoms. The summed E-state index contributed by atoms with van der Waals surface area (Å²) in [5.41, 5.74) is 3.13. The Balaban J connectivity index is 1.37. The standard InChI is InChI=1S/C21H23N5O/c27-21(18-7-4-10-22-13-18)23-11-8-19-15-25(14-17-5-2-1-3-6-17)16-20-9-12-24-26(19)20/h1-7,9-10,12-13,19H,8,11,14-16H2,(H,23,27)/t19-/m0/s1. The van der Waals surface area contributed by atoms with Gasteiger partial charge in [-0.1, -0.05) is 30.3 Å². The van der Waals surface area contributed by atoms with Gasteiger partial charge in [0.2, 0.25) is 0 Å². The van der Waals surface area contributed by atoms with Gasteiger partial charge in [-0.15, -0.1) is 0 Å². The maximum atomic E-state index is 12.2. The molecule has 0 saturated heterocycles. The molecule has 1 atom stereocenters. The summed E-state index contributed by atoms with van der Waals surface area (Å²) in [4.78, 5) is 18.6. The average Bonchev–Trinajstić information content (AvgIpc) is 3.18. The fourth-order valence-corrected chi connectivity index (χ4v) is 3.59. The minimum Gasteiger partial charge on any atom is -0.352 e. The van der Waals surface area contributed by atoms with E-state index in [1.165, 1.54) is 11.3 Å². The number of carbonyl (C=O) groups is 1. The Morgan fingerprint density at radius 1 is 1.11 bits per heavy atom. The minimum atomic E-state index is -0.0826. The zero-order valence-electron chi connectivity index (χ0n) is 15.2. The number of benzene rings is 1. The van der Waals surface area contributed by atoms with Crippen molar-refractivity contribution in [2.24, 2.45) is 0 Å². The summed E-state index contributed by atoms with van der Waals surface area (Å²) < 4.78 is 2.11. The third-order valence-corrected chi connectivity index (χ3v) is 4.89. The van der Waals surface area contributed by atoms with Gasteiger partial charge in [-0.3, -0.25) is 19.4 Å². The molecule has 0 unspecified atom stereocenters. The van der Waals surface area contributed by atoms with E-state index in [2.05, 4.69) is 55.3 Å². The molecule has 0 radical (unpaired) electrons. The van der Waals surface area contributed by atoms with E-state index in [-0.39, 0.29) is 11.9 Å². The lowest BCUT2D eigenvalue weighted by Crippen LogP contribution is -2.39. The highest BCUT2D eigenvalue weighted by Crippen LogP contribution is 2.24. The maximum Gasteiger partial charge on any atom is 0.252 e. The van der Waals surface area contributed by atoms with Gasteiger partial charge in [0, 0.05) is 44.8 Å². The highest BCUT2D eigenvalue weighted by atomic mass is 16.1. The second-order valence-corrected chi connectivity index (χ2v) is 6.86. The number of amides is 1. The van der Waals surface area contributed by atoms with Gasteiger partial charge < -0.3 is 5.32 Å². The number of fused-ring (bicyclic) bond motifs is 1. The average molecular weight is 361 g/mol. The van der Waals surface area contributed by atoms with Crippen LogP contribution in [0.4, 0.5) is 0 Å². The number of aromatic nitrogens is 3. The molecule has 0 spiro atoms. The van der Waals surface area contributed by atoms with E-state index in [9.17, 15) is 4.79 Å². The number of hydrogen-bond donors (Lipinski definition) is 1. The van der Waals surface area contributed by atoms with Gasteiger partial charge >= 0.3 is 0 Å². The minimum absolute atomic E-state index is 0.0826. The lowest BCUT2D eigenvalue weighted by atomic mass is 10.1. The van der Waals surface area contributed by atoms with Crippen molar-refractivity contribution in [3.63, 3.8) is 0 Å². The summed E-state index contributed by atoms with van der Waals surface area (Å²) in [6, 6.07) is 16.4. The van der Waals surface area contributed by atoms with Gasteiger partial charge in [0.15, 0.2) is 0 Å². The molecule has 1 amide bonds. The first kappa shape index (κ1) is 17.4. The van der Waals surface area contributed by atoms with Crippen molar-refractivity contribution < 1.29 is 4.79 Å². The summed E-state index contributed by atoms with van der Waals surface area (Å²) >= 11 is 0. The molecule has 1 aliphatic rings. The van der Waals surface area contributed by atoms with Crippen molar-refractivity contribution in [2.75, 3.05) is 13.1 Å². The van der Waals surface area contributed by atoms with E-state index in [0.717, 1.165) is 26.1 Å². The molecule has 3 heterocycles. The molecule has 0 saturated carbocycles. The summed E-state index contributed by atoms with van der Waals surface area (Å²) in [5, 5.41) is 7.50. The van der Waals surface area contributed by atoms with Crippen LogP contribution in [-0.2, 0) is 13.1 Å². The number of hydrogen-bond acceptors (Lipinski definition) is 4. The highest BCUT2D eigenvalue weighted by molar-refractivity contribution is 5.93. The van der Waals surface area contributed by atoms with Crippen LogP contribution < -0.4 is 5.32 Å². The second-order valence-electron chi connectivity index (χ2n) is 6.86. The van der Waals surface area contributed by atoms with Gasteiger partial charge in [-0.2, -0.15) is 5.10 Å². The molecule has 138 valence electrons. The van der Waals surface area contributed by atoms with Crippen molar-refractivity contribution in [3.8, 4) is 0 Å². The van der Waals surface area contributed by atoms with E-state index >= 15 is 0 Å². The van der Waals surface area contributed by atoms with Crippen LogP contribution in [0.5, 0.6) is 0 Å². The Morgan fingerprint density at radius 3 is 2.81 bits per heavy atom. The first-order valence-electron chi connectivity index (χ1n) is 9.26. The largest absolute Gasteiger partial charge is 0.352 e. The van der Waals surface area contributed by atoms with Crippen molar-refractivity contribution in [3.05, 3.63) is 83.9 Å². The lowest BCUT2D eigenvalue weighted by molar-refractivity contribution is 0.0946. The van der Waals surface area contributed by atoms with Crippen LogP contribution in [0.2, 0.25) is 0 Å². The predicted molar refractivity (Wildman–Crippen MR) is 103 cm³/mol. The van der Waals surface area contributed by atoms with Crippen LogP contribution in [0.3, 0.4) is 0 Å². The molecular formula is C21H23N5O. The summed E-state index contributed by atoms with van der Waals surface area (Å²) in [5.74, 6) is -0.0826. The van der Waals surface area contributed by atoms with E-state index in [1.54, 1.807) is 24.5 Å². The molecule has 0 fully saturated rings. The third kappa shape index (κ3) is 4.23. The van der Waals surface area contributed by atoms with Crippen molar-refractivity contribution in [1.29, 1.82) is 0 Å². The first-order valence-corrected chi connectivity index (χ1v) is 9.26. The van der Waals surface area contributed by atoms with E-state index in [0.29, 0.717) is 12.1 Å². The van der Waals surface area contributed by atoms with Crippen molar-refractivity contribution in [1.82, 2.24) is 25.0 Å². The number of nitrogens with zero attached hydrogens (tertiary/aromatic N) is 4.